The van der Waals surface area contributed by atoms with Gasteiger partial charge in [0.05, 0.1) is 5.56 Å². The van der Waals surface area contributed by atoms with Gasteiger partial charge in [-0.05, 0) is 150 Å². The minimum atomic E-state index is -4.72. The molecule has 4 nitrogen and oxygen atoms in total. The summed E-state index contributed by atoms with van der Waals surface area (Å²) in [6, 6.07) is 16.1. The van der Waals surface area contributed by atoms with Crippen LogP contribution in [0.1, 0.15) is 180 Å². The number of Topliss-reactive ketones (excluding diaryl/α,β-unsaturated/α-hetero) is 1. The predicted molar refractivity (Wildman–Crippen MR) is 257 cm³/mol. The van der Waals surface area contributed by atoms with Gasteiger partial charge in [-0.1, -0.05) is 111 Å². The number of carbonyl (C=O) groups is 1. The van der Waals surface area contributed by atoms with Crippen LogP contribution in [0.4, 0.5) is 23.2 Å². The van der Waals surface area contributed by atoms with Gasteiger partial charge in [0.1, 0.15) is 0 Å². The molecular formula is C54H80F4N2O2. The van der Waals surface area contributed by atoms with Gasteiger partial charge in [0, 0.05) is 40.6 Å². The number of nitrogens with zero attached hydrogens (tertiary/aromatic N) is 1. The van der Waals surface area contributed by atoms with Gasteiger partial charge in [0.25, 0.3) is 0 Å². The van der Waals surface area contributed by atoms with Gasteiger partial charge >= 0.3 is 6.18 Å². The van der Waals surface area contributed by atoms with Crippen molar-refractivity contribution in [3.05, 3.63) is 104 Å². The Balaban J connectivity index is 0.000000314. The molecule has 346 valence electrons. The summed E-state index contributed by atoms with van der Waals surface area (Å²) < 4.78 is 48.5. The lowest BCUT2D eigenvalue weighted by Gasteiger charge is -2.22. The van der Waals surface area contributed by atoms with E-state index in [9.17, 15) is 27.2 Å². The van der Waals surface area contributed by atoms with Crippen LogP contribution in [0.5, 0.6) is 0 Å². The van der Waals surface area contributed by atoms with E-state index in [1.807, 2.05) is 25.3 Å². The first-order chi connectivity index (χ1) is 29.2. The van der Waals surface area contributed by atoms with E-state index < -0.39 is 18.3 Å². The van der Waals surface area contributed by atoms with Gasteiger partial charge in [-0.25, -0.2) is 4.39 Å². The summed E-state index contributed by atoms with van der Waals surface area (Å²) in [6.07, 6.45) is 14.1. The van der Waals surface area contributed by atoms with Crippen LogP contribution < -0.4 is 21.3 Å². The summed E-state index contributed by atoms with van der Waals surface area (Å²) in [7, 11) is 0. The second-order valence-corrected chi connectivity index (χ2v) is 18.3. The average molecular weight is 865 g/mol. The van der Waals surface area contributed by atoms with Crippen molar-refractivity contribution in [3.8, 4) is 5.69 Å². The van der Waals surface area contributed by atoms with Gasteiger partial charge in [0.2, 0.25) is 5.67 Å². The van der Waals surface area contributed by atoms with Crippen molar-refractivity contribution in [1.82, 2.24) is 4.57 Å². The number of nitrogens with one attached hydrogen (secondary N) is 1. The Labute approximate surface area is 372 Å². The van der Waals surface area contributed by atoms with E-state index in [2.05, 4.69) is 102 Å². The largest absolute Gasteiger partial charge is 0.422 e. The van der Waals surface area contributed by atoms with Crippen LogP contribution in [-0.2, 0) is 12.8 Å². The standard InChI is InChI=1S/C21H23NO2.C20H33N.C5H8F4.C5H10.C3H6/c1-4-7-20(23)19-13-22(14(3)18(5-2)21(19)24)17-11-10-15-8-6-9-16(15)12-17;1-5-16(3)17(4)21-20-11-7-10-19(14-20)18-9-6-8-15(2)12-13-18;1-3-4(2,6)5(7,8)9;1-4-3-5(4)2;1-3-2/h5,10-13H,3-4,6-9H2,1-2H3;7,10-11,14-18,21H,5-6,8-9,12-13H2,1-4H3;3H2,1-2H3;4-5H,3H2,1-2H3;3H,1H2,2H3/b18-5+;;;;. The predicted octanol–water partition coefficient (Wildman–Crippen LogP) is 14.3. The number of benzene rings is 2. The molecule has 0 spiro atoms. The summed E-state index contributed by atoms with van der Waals surface area (Å²) in [4.78, 5) is 25.0. The molecule has 62 heavy (non-hydrogen) atoms. The summed E-state index contributed by atoms with van der Waals surface area (Å²) in [5.41, 5.74) is 3.60. The van der Waals surface area contributed by atoms with Crippen molar-refractivity contribution in [2.24, 2.45) is 23.7 Å². The third kappa shape index (κ3) is 16.6. The number of ketones is 1. The molecule has 1 N–H and O–H groups in total. The Bertz CT molecular complexity index is 2010. The molecule has 0 saturated heterocycles. The average Bonchev–Trinajstić information content (AvgIpc) is 3.75. The highest BCUT2D eigenvalue weighted by molar-refractivity contribution is 5.95. The first-order valence-corrected chi connectivity index (χ1v) is 23.4. The topological polar surface area (TPSA) is 51.1 Å². The van der Waals surface area contributed by atoms with Crippen molar-refractivity contribution < 1.29 is 22.4 Å². The number of anilines is 1. The van der Waals surface area contributed by atoms with Crippen LogP contribution in [0.15, 0.2) is 66.1 Å². The quantitative estimate of drug-likeness (QED) is 0.0956. The van der Waals surface area contributed by atoms with Gasteiger partial charge in [0.15, 0.2) is 11.2 Å². The number of carbonyl (C=O) groups excluding carboxylic acids is 1. The highest BCUT2D eigenvalue weighted by atomic mass is 19.4. The van der Waals surface area contributed by atoms with E-state index in [1.54, 1.807) is 23.9 Å². The van der Waals surface area contributed by atoms with Crippen LogP contribution in [0, 0.1) is 23.7 Å². The third-order valence-electron chi connectivity index (χ3n) is 13.0. The highest BCUT2D eigenvalue weighted by Crippen LogP contribution is 2.37. The van der Waals surface area contributed by atoms with Crippen LogP contribution in [-0.4, -0.2) is 28.2 Å². The van der Waals surface area contributed by atoms with Crippen molar-refractivity contribution in [2.45, 2.75) is 183 Å². The van der Waals surface area contributed by atoms with E-state index in [4.69, 9.17) is 0 Å². The normalized spacial score (nSPS) is 21.2. The Hall–Kier alpha value is -3.94. The molecule has 3 aromatic rings. The summed E-state index contributed by atoms with van der Waals surface area (Å²) >= 11 is 0. The van der Waals surface area contributed by atoms with E-state index in [0.29, 0.717) is 35.9 Å². The molecule has 7 unspecified atom stereocenters. The first kappa shape index (κ1) is 54.2. The fourth-order valence-corrected chi connectivity index (χ4v) is 7.64. The monoisotopic (exact) mass is 865 g/mol. The zero-order valence-corrected chi connectivity index (χ0v) is 40.1. The van der Waals surface area contributed by atoms with Crippen LogP contribution in [0.25, 0.3) is 18.3 Å². The maximum atomic E-state index is 12.6. The molecular weight excluding hydrogens is 785 g/mol. The molecule has 0 aliphatic heterocycles. The van der Waals surface area contributed by atoms with Crippen molar-refractivity contribution >= 4 is 24.1 Å². The zero-order chi connectivity index (χ0) is 46.8. The molecule has 2 fully saturated rings. The summed E-state index contributed by atoms with van der Waals surface area (Å²) in [5, 5.41) is 4.84. The molecule has 0 bridgehead atoms. The lowest BCUT2D eigenvalue weighted by atomic mass is 9.91. The second kappa shape index (κ2) is 26.0. The van der Waals surface area contributed by atoms with Crippen molar-refractivity contribution in [2.75, 3.05) is 5.32 Å². The Morgan fingerprint density at radius 1 is 0.919 bits per heavy atom. The van der Waals surface area contributed by atoms with E-state index >= 15 is 0 Å². The molecule has 3 aliphatic carbocycles. The minimum Gasteiger partial charge on any atom is -0.382 e. The lowest BCUT2D eigenvalue weighted by Crippen LogP contribution is -2.46. The minimum absolute atomic E-state index is 0.0967. The Kier molecular flexibility index (Phi) is 22.7. The van der Waals surface area contributed by atoms with Crippen LogP contribution >= 0.6 is 0 Å². The van der Waals surface area contributed by atoms with Crippen molar-refractivity contribution in [3.63, 3.8) is 0 Å². The van der Waals surface area contributed by atoms with Gasteiger partial charge in [-0.2, -0.15) is 13.2 Å². The number of hydrogen-bond acceptors (Lipinski definition) is 3. The van der Waals surface area contributed by atoms with E-state index in [-0.39, 0.29) is 16.8 Å². The summed E-state index contributed by atoms with van der Waals surface area (Å²) in [6.45, 7) is 28.7. The van der Waals surface area contributed by atoms with Crippen LogP contribution in [0.3, 0.4) is 0 Å². The number of allylic oxidation sites excluding steroid dienone is 1. The molecule has 1 heterocycles. The fraction of sp³-hybridized carbons (Fsp3) is 0.593. The zero-order valence-electron chi connectivity index (χ0n) is 40.1. The molecule has 2 saturated carbocycles. The highest BCUT2D eigenvalue weighted by Gasteiger charge is 2.50. The third-order valence-corrected chi connectivity index (χ3v) is 13.0. The number of fused-ring (bicyclic) bond motifs is 1. The Morgan fingerprint density at radius 2 is 1.55 bits per heavy atom. The maximum Gasteiger partial charge on any atom is 0.422 e. The molecule has 0 radical (unpaired) electrons. The molecule has 6 rings (SSSR count). The lowest BCUT2D eigenvalue weighted by molar-refractivity contribution is -0.224. The molecule has 3 aliphatic rings. The maximum absolute atomic E-state index is 12.6. The number of halogens is 4. The molecule has 0 amide bonds. The first-order valence-electron chi connectivity index (χ1n) is 23.4. The Morgan fingerprint density at radius 3 is 2.08 bits per heavy atom. The number of pyridine rings is 1. The molecule has 7 atom stereocenters. The fourth-order valence-electron chi connectivity index (χ4n) is 7.64. The second-order valence-electron chi connectivity index (χ2n) is 18.3. The van der Waals surface area contributed by atoms with Gasteiger partial charge in [-0.3, -0.25) is 9.59 Å². The van der Waals surface area contributed by atoms with Gasteiger partial charge < -0.3 is 9.88 Å². The summed E-state index contributed by atoms with van der Waals surface area (Å²) in [5.74, 6) is 4.41. The van der Waals surface area contributed by atoms with E-state index in [0.717, 1.165) is 55.5 Å². The van der Waals surface area contributed by atoms with Crippen molar-refractivity contribution in [1.29, 1.82) is 0 Å². The van der Waals surface area contributed by atoms with Crippen LogP contribution in [0.2, 0.25) is 0 Å². The van der Waals surface area contributed by atoms with Gasteiger partial charge in [-0.15, -0.1) is 6.58 Å². The number of aromatic nitrogens is 1. The van der Waals surface area contributed by atoms with E-state index in [1.165, 1.54) is 68.2 Å². The molecule has 1 aromatic heterocycles. The number of hydrogen-bond donors (Lipinski definition) is 1. The molecule has 8 heteroatoms. The smallest absolute Gasteiger partial charge is 0.382 e. The SMILES string of the molecule is C=CC.C=c1/c(=C\C)c(=O)c(C(=O)CCC)cn1-c1ccc2c(c1)CCC2.CC1CC1C.CCC(C)(F)C(F)(F)F.CCC(C)C(C)Nc1cccc(C2CCCC(C)CC2)c1. The number of alkyl halides is 4. The number of rotatable bonds is 10. The number of aryl methyl sites for hydroxylation is 2. The molecule has 2 aromatic carbocycles.